The first-order valence-corrected chi connectivity index (χ1v) is 20.9. The number of esters is 1. The first-order chi connectivity index (χ1) is 23.0. The van der Waals surface area contributed by atoms with Gasteiger partial charge in [-0.15, -0.1) is 0 Å². The number of hydrogen-bond acceptors (Lipinski definition) is 6. The molecule has 0 radical (unpaired) electrons. The molecule has 0 heterocycles. The van der Waals surface area contributed by atoms with Crippen molar-refractivity contribution >= 4 is 5.97 Å². The fraction of sp³-hybridized carbons (Fsp3) is 0.976. The van der Waals surface area contributed by atoms with E-state index in [0.717, 1.165) is 76.8 Å². The average molecular weight is 668 g/mol. The quantitative estimate of drug-likeness (QED) is 0.0390. The van der Waals surface area contributed by atoms with Gasteiger partial charge in [-0.2, -0.15) is 0 Å². The fourth-order valence-corrected chi connectivity index (χ4v) is 6.96. The van der Waals surface area contributed by atoms with Crippen LogP contribution in [0.1, 0.15) is 201 Å². The van der Waals surface area contributed by atoms with E-state index in [2.05, 4.69) is 25.7 Å². The normalized spacial score (nSPS) is 16.7. The average Bonchev–Trinajstić information content (AvgIpc) is 3.82. The van der Waals surface area contributed by atoms with Gasteiger partial charge in [0, 0.05) is 13.0 Å². The number of ether oxygens (including phenoxy) is 2. The van der Waals surface area contributed by atoms with Crippen LogP contribution in [0.4, 0.5) is 0 Å². The zero-order valence-corrected chi connectivity index (χ0v) is 31.7. The molecule has 2 N–H and O–H groups in total. The summed E-state index contributed by atoms with van der Waals surface area (Å²) in [4.78, 5) is 14.5. The molecule has 0 aromatic carbocycles. The van der Waals surface area contributed by atoms with Gasteiger partial charge < -0.3 is 24.6 Å². The summed E-state index contributed by atoms with van der Waals surface area (Å²) in [6, 6.07) is 0. The number of carbonyl (C=O) groups excluding carboxylic acids is 1. The highest BCUT2D eigenvalue weighted by Crippen LogP contribution is 2.42. The minimum atomic E-state index is -0.631. The van der Waals surface area contributed by atoms with E-state index >= 15 is 0 Å². The molecule has 1 aliphatic rings. The first kappa shape index (κ1) is 44.3. The molecule has 3 unspecified atom stereocenters. The van der Waals surface area contributed by atoms with Crippen LogP contribution in [-0.4, -0.2) is 66.3 Å². The molecule has 3 atom stereocenters. The van der Waals surface area contributed by atoms with E-state index in [-0.39, 0.29) is 18.7 Å². The van der Waals surface area contributed by atoms with Crippen molar-refractivity contribution in [2.75, 3.05) is 32.8 Å². The molecule has 0 bridgehead atoms. The topological polar surface area (TPSA) is 79.2 Å². The molecule has 1 saturated carbocycles. The highest BCUT2D eigenvalue weighted by atomic mass is 16.6. The number of aliphatic hydroxyl groups excluding tert-OH is 2. The summed E-state index contributed by atoms with van der Waals surface area (Å²) in [5.41, 5.74) is 0. The van der Waals surface area contributed by atoms with Gasteiger partial charge in [0.05, 0.1) is 19.3 Å². The Bertz CT molecular complexity index is 660. The number of unbranched alkanes of at least 4 members (excludes halogenated alkanes) is 17. The predicted octanol–water partition coefficient (Wildman–Crippen LogP) is 10.8. The van der Waals surface area contributed by atoms with Gasteiger partial charge in [0.25, 0.3) is 0 Å². The standard InChI is InChI=1S/C41H81NO5/c1-4-7-10-13-16-21-27-39(28-22-17-14-11-8-5-2)47-41(45)29-23-18-15-19-24-31-42(33-34-43)32-25-30-40(44)46-36-38-35-37(38)26-20-12-9-6-3/h37-39,41,43,45H,4-36H2,1-3H3. The second-order valence-electron chi connectivity index (χ2n) is 14.8. The number of aliphatic hydroxyl groups is 2. The van der Waals surface area contributed by atoms with Crippen molar-refractivity contribution in [3.8, 4) is 0 Å². The van der Waals surface area contributed by atoms with Gasteiger partial charge in [-0.1, -0.05) is 149 Å². The second kappa shape index (κ2) is 32.5. The monoisotopic (exact) mass is 668 g/mol. The maximum atomic E-state index is 12.3. The zero-order valence-electron chi connectivity index (χ0n) is 31.7. The molecule has 6 nitrogen and oxygen atoms in total. The molecule has 0 spiro atoms. The van der Waals surface area contributed by atoms with Gasteiger partial charge in [0.1, 0.15) is 0 Å². The molecular weight excluding hydrogens is 586 g/mol. The summed E-state index contributed by atoms with van der Waals surface area (Å²) in [5, 5.41) is 20.2. The van der Waals surface area contributed by atoms with E-state index in [4.69, 9.17) is 9.47 Å². The molecule has 0 aromatic rings. The largest absolute Gasteiger partial charge is 0.465 e. The van der Waals surface area contributed by atoms with Crippen LogP contribution >= 0.6 is 0 Å². The SMILES string of the molecule is CCCCCCCCC(CCCCCCCC)OC(O)CCCCCCCN(CCO)CCCC(=O)OCC1CC1CCCCCC. The van der Waals surface area contributed by atoms with Gasteiger partial charge in [-0.3, -0.25) is 4.79 Å². The Morgan fingerprint density at radius 3 is 1.74 bits per heavy atom. The maximum absolute atomic E-state index is 12.3. The molecule has 0 saturated heterocycles. The van der Waals surface area contributed by atoms with Crippen molar-refractivity contribution in [3.63, 3.8) is 0 Å². The minimum absolute atomic E-state index is 0.0621. The predicted molar refractivity (Wildman–Crippen MR) is 199 cm³/mol. The second-order valence-corrected chi connectivity index (χ2v) is 14.8. The lowest BCUT2D eigenvalue weighted by molar-refractivity contribution is -0.144. The van der Waals surface area contributed by atoms with Crippen LogP contribution in [0.3, 0.4) is 0 Å². The van der Waals surface area contributed by atoms with Crippen LogP contribution < -0.4 is 0 Å². The fourth-order valence-electron chi connectivity index (χ4n) is 6.96. The van der Waals surface area contributed by atoms with Gasteiger partial charge in [0.2, 0.25) is 0 Å². The maximum Gasteiger partial charge on any atom is 0.305 e. The molecule has 280 valence electrons. The molecule has 0 aromatic heterocycles. The third kappa shape index (κ3) is 27.8. The van der Waals surface area contributed by atoms with Crippen molar-refractivity contribution in [1.29, 1.82) is 0 Å². The summed E-state index contributed by atoms with van der Waals surface area (Å²) in [6.07, 6.45) is 32.7. The Morgan fingerprint density at radius 1 is 0.638 bits per heavy atom. The van der Waals surface area contributed by atoms with Crippen LogP contribution in [0.2, 0.25) is 0 Å². The smallest absolute Gasteiger partial charge is 0.305 e. The molecule has 1 aliphatic carbocycles. The van der Waals surface area contributed by atoms with Gasteiger partial charge in [-0.25, -0.2) is 0 Å². The molecule has 0 amide bonds. The number of hydrogen-bond donors (Lipinski definition) is 2. The van der Waals surface area contributed by atoms with Crippen LogP contribution in [0.15, 0.2) is 0 Å². The van der Waals surface area contributed by atoms with Crippen molar-refractivity contribution in [2.24, 2.45) is 11.8 Å². The zero-order chi connectivity index (χ0) is 34.2. The van der Waals surface area contributed by atoms with Crippen molar-refractivity contribution in [2.45, 2.75) is 213 Å². The molecule has 47 heavy (non-hydrogen) atoms. The Kier molecular flexibility index (Phi) is 30.7. The molecular formula is C41H81NO5. The lowest BCUT2D eigenvalue weighted by Gasteiger charge is -2.22. The lowest BCUT2D eigenvalue weighted by Crippen LogP contribution is -2.29. The first-order valence-electron chi connectivity index (χ1n) is 20.9. The van der Waals surface area contributed by atoms with Crippen LogP contribution in [0.5, 0.6) is 0 Å². The third-order valence-corrected chi connectivity index (χ3v) is 10.3. The van der Waals surface area contributed by atoms with E-state index in [1.807, 2.05) is 0 Å². The number of rotatable bonds is 37. The van der Waals surface area contributed by atoms with Gasteiger partial charge in [0.15, 0.2) is 6.29 Å². The molecule has 1 rings (SSSR count). The Balaban J connectivity index is 2.13. The Morgan fingerprint density at radius 2 is 1.15 bits per heavy atom. The van der Waals surface area contributed by atoms with Gasteiger partial charge >= 0.3 is 5.97 Å². The molecule has 6 heteroatoms. The Labute approximate surface area is 292 Å². The van der Waals surface area contributed by atoms with E-state index in [1.54, 1.807) is 0 Å². The Hall–Kier alpha value is -0.690. The van der Waals surface area contributed by atoms with Crippen LogP contribution in [0, 0.1) is 11.8 Å². The number of carbonyl (C=O) groups is 1. The van der Waals surface area contributed by atoms with Crippen LogP contribution in [-0.2, 0) is 14.3 Å². The van der Waals surface area contributed by atoms with Crippen molar-refractivity contribution in [3.05, 3.63) is 0 Å². The molecule has 0 aliphatic heterocycles. The summed E-state index contributed by atoms with van der Waals surface area (Å²) >= 11 is 0. The highest BCUT2D eigenvalue weighted by molar-refractivity contribution is 5.69. The minimum Gasteiger partial charge on any atom is -0.465 e. The van der Waals surface area contributed by atoms with Crippen molar-refractivity contribution < 1.29 is 24.5 Å². The summed E-state index contributed by atoms with van der Waals surface area (Å²) in [6.45, 7) is 10.0. The number of nitrogens with zero attached hydrogens (tertiary/aromatic N) is 1. The van der Waals surface area contributed by atoms with E-state index in [0.29, 0.717) is 25.5 Å². The lowest BCUT2D eigenvalue weighted by atomic mass is 10.0. The molecule has 1 fully saturated rings. The van der Waals surface area contributed by atoms with E-state index < -0.39 is 6.29 Å². The van der Waals surface area contributed by atoms with Crippen LogP contribution in [0.25, 0.3) is 0 Å². The van der Waals surface area contributed by atoms with Crippen molar-refractivity contribution in [1.82, 2.24) is 4.90 Å². The van der Waals surface area contributed by atoms with Gasteiger partial charge in [-0.05, 0) is 69.9 Å². The van der Waals surface area contributed by atoms with E-state index in [1.165, 1.54) is 116 Å². The summed E-state index contributed by atoms with van der Waals surface area (Å²) < 4.78 is 11.8. The van der Waals surface area contributed by atoms with E-state index in [9.17, 15) is 15.0 Å². The highest BCUT2D eigenvalue weighted by Gasteiger charge is 2.37. The summed E-state index contributed by atoms with van der Waals surface area (Å²) in [7, 11) is 0. The summed E-state index contributed by atoms with van der Waals surface area (Å²) in [5.74, 6) is 1.32. The third-order valence-electron chi connectivity index (χ3n) is 10.3.